The van der Waals surface area contributed by atoms with E-state index in [1.165, 1.54) is 0 Å². The molecule has 2 aromatic heterocycles. The van der Waals surface area contributed by atoms with Gasteiger partial charge in [-0.15, -0.1) is 0 Å². The molecule has 0 bridgehead atoms. The van der Waals surface area contributed by atoms with Gasteiger partial charge in [0, 0.05) is 66.0 Å². The SMILES string of the molecule is Nc1cccc2c(C3=C(c4c[nH]c5ccccc45)C(=O)NC3=O)cn(CCCN3CCOCC3)c12. The van der Waals surface area contributed by atoms with Crippen LogP contribution in [-0.4, -0.2) is 59.1 Å². The van der Waals surface area contributed by atoms with E-state index in [-0.39, 0.29) is 11.8 Å². The molecule has 0 aliphatic carbocycles. The molecule has 35 heavy (non-hydrogen) atoms. The van der Waals surface area contributed by atoms with Crippen molar-refractivity contribution < 1.29 is 14.3 Å². The van der Waals surface area contributed by atoms with Crippen LogP contribution < -0.4 is 11.1 Å². The number of aryl methyl sites for hydroxylation is 1. The van der Waals surface area contributed by atoms with Crippen LogP contribution in [0.25, 0.3) is 33.0 Å². The molecule has 2 amide bonds. The molecule has 4 heterocycles. The smallest absolute Gasteiger partial charge is 0.259 e. The van der Waals surface area contributed by atoms with Crippen molar-refractivity contribution in [2.24, 2.45) is 0 Å². The van der Waals surface area contributed by atoms with Gasteiger partial charge in [-0.3, -0.25) is 19.8 Å². The molecule has 6 rings (SSSR count). The molecule has 0 atom stereocenters. The molecule has 4 N–H and O–H groups in total. The second-order valence-corrected chi connectivity index (χ2v) is 9.07. The Morgan fingerprint density at radius 3 is 2.46 bits per heavy atom. The summed E-state index contributed by atoms with van der Waals surface area (Å²) in [6, 6.07) is 13.5. The number of carbonyl (C=O) groups is 2. The van der Waals surface area contributed by atoms with Gasteiger partial charge in [0.15, 0.2) is 0 Å². The number of carbonyl (C=O) groups excluding carboxylic acids is 2. The van der Waals surface area contributed by atoms with Crippen LogP contribution in [-0.2, 0) is 20.9 Å². The molecule has 4 aromatic rings. The Morgan fingerprint density at radius 2 is 1.63 bits per heavy atom. The van der Waals surface area contributed by atoms with E-state index in [2.05, 4.69) is 19.8 Å². The Labute approximate surface area is 202 Å². The molecule has 178 valence electrons. The summed E-state index contributed by atoms with van der Waals surface area (Å²) in [5.74, 6) is -0.767. The molecule has 2 aliphatic heterocycles. The van der Waals surface area contributed by atoms with Crippen LogP contribution >= 0.6 is 0 Å². The Kier molecular flexibility index (Phi) is 5.39. The number of rotatable bonds is 6. The van der Waals surface area contributed by atoms with Gasteiger partial charge in [0.25, 0.3) is 11.8 Å². The third kappa shape index (κ3) is 3.71. The maximum absolute atomic E-state index is 13.1. The van der Waals surface area contributed by atoms with Gasteiger partial charge in [0.2, 0.25) is 0 Å². The van der Waals surface area contributed by atoms with Crippen molar-refractivity contribution in [3.05, 3.63) is 66.0 Å². The number of para-hydroxylation sites is 2. The normalized spacial score (nSPS) is 17.1. The molecular weight excluding hydrogens is 442 g/mol. The molecule has 2 aliphatic rings. The highest BCUT2D eigenvalue weighted by Gasteiger charge is 2.35. The van der Waals surface area contributed by atoms with Gasteiger partial charge in [-0.1, -0.05) is 30.3 Å². The summed E-state index contributed by atoms with van der Waals surface area (Å²) in [7, 11) is 0. The lowest BCUT2D eigenvalue weighted by Crippen LogP contribution is -2.37. The highest BCUT2D eigenvalue weighted by molar-refractivity contribution is 6.50. The number of hydrogen-bond acceptors (Lipinski definition) is 5. The van der Waals surface area contributed by atoms with Gasteiger partial charge in [-0.25, -0.2) is 0 Å². The predicted octanol–water partition coefficient (Wildman–Crippen LogP) is 2.99. The number of imide groups is 1. The fourth-order valence-corrected chi connectivity index (χ4v) is 5.30. The first-order chi connectivity index (χ1) is 17.1. The van der Waals surface area contributed by atoms with Gasteiger partial charge >= 0.3 is 0 Å². The maximum atomic E-state index is 13.1. The summed E-state index contributed by atoms with van der Waals surface area (Å²) in [4.78, 5) is 31.8. The fourth-order valence-electron chi connectivity index (χ4n) is 5.30. The molecule has 0 saturated carbocycles. The first-order valence-electron chi connectivity index (χ1n) is 12.0. The van der Waals surface area contributed by atoms with Crippen LogP contribution in [0.2, 0.25) is 0 Å². The molecule has 8 heteroatoms. The molecule has 8 nitrogen and oxygen atoms in total. The van der Waals surface area contributed by atoms with Gasteiger partial charge < -0.3 is 20.0 Å². The molecule has 2 aromatic carbocycles. The summed E-state index contributed by atoms with van der Waals surface area (Å²) in [5.41, 5.74) is 11.1. The number of morpholine rings is 1. The van der Waals surface area contributed by atoms with E-state index in [9.17, 15) is 9.59 Å². The van der Waals surface area contributed by atoms with Crippen LogP contribution in [0.4, 0.5) is 5.69 Å². The molecule has 1 saturated heterocycles. The Morgan fingerprint density at radius 1 is 0.886 bits per heavy atom. The number of aromatic nitrogens is 2. The largest absolute Gasteiger partial charge is 0.397 e. The number of nitrogen functional groups attached to an aromatic ring is 1. The fraction of sp³-hybridized carbons (Fsp3) is 0.259. The van der Waals surface area contributed by atoms with Gasteiger partial charge in [-0.05, 0) is 18.6 Å². The van der Waals surface area contributed by atoms with Crippen LogP contribution in [0.3, 0.4) is 0 Å². The number of ether oxygens (including phenoxy) is 1. The zero-order valence-electron chi connectivity index (χ0n) is 19.3. The number of nitrogens with two attached hydrogens (primary N) is 1. The van der Waals surface area contributed by atoms with E-state index in [1.807, 2.05) is 48.7 Å². The number of nitrogens with zero attached hydrogens (tertiary/aromatic N) is 2. The zero-order chi connectivity index (χ0) is 23.9. The van der Waals surface area contributed by atoms with Crippen molar-refractivity contribution >= 4 is 50.5 Å². The van der Waals surface area contributed by atoms with E-state index in [1.54, 1.807) is 6.20 Å². The molecule has 1 fully saturated rings. The third-order valence-electron chi connectivity index (χ3n) is 6.97. The second kappa shape index (κ2) is 8.72. The molecule has 0 unspecified atom stereocenters. The summed E-state index contributed by atoms with van der Waals surface area (Å²) in [5, 5.41) is 4.29. The molecule has 0 radical (unpaired) electrons. The summed E-state index contributed by atoms with van der Waals surface area (Å²) in [6.45, 7) is 5.17. The third-order valence-corrected chi connectivity index (χ3v) is 6.97. The first kappa shape index (κ1) is 21.6. The van der Waals surface area contributed by atoms with E-state index in [0.29, 0.717) is 16.8 Å². The van der Waals surface area contributed by atoms with Gasteiger partial charge in [0.1, 0.15) is 0 Å². The van der Waals surface area contributed by atoms with Crippen molar-refractivity contribution in [3.63, 3.8) is 0 Å². The zero-order valence-corrected chi connectivity index (χ0v) is 19.3. The highest BCUT2D eigenvalue weighted by Crippen LogP contribution is 2.39. The second-order valence-electron chi connectivity index (χ2n) is 9.07. The first-order valence-corrected chi connectivity index (χ1v) is 12.0. The Bertz CT molecular complexity index is 1490. The van der Waals surface area contributed by atoms with Gasteiger partial charge in [-0.2, -0.15) is 0 Å². The quantitative estimate of drug-likeness (QED) is 0.297. The number of H-pyrrole nitrogens is 1. The van der Waals surface area contributed by atoms with Crippen molar-refractivity contribution in [2.75, 3.05) is 38.6 Å². The lowest BCUT2D eigenvalue weighted by atomic mass is 9.95. The Balaban J connectivity index is 1.45. The van der Waals surface area contributed by atoms with Crippen LogP contribution in [0, 0.1) is 0 Å². The van der Waals surface area contributed by atoms with E-state index < -0.39 is 0 Å². The van der Waals surface area contributed by atoms with Crippen molar-refractivity contribution in [1.82, 2.24) is 19.8 Å². The van der Waals surface area contributed by atoms with Crippen LogP contribution in [0.5, 0.6) is 0 Å². The molecule has 0 spiro atoms. The Hall–Kier alpha value is -3.88. The average Bonchev–Trinajstić information content (AvgIpc) is 3.53. The predicted molar refractivity (Wildman–Crippen MR) is 136 cm³/mol. The summed E-state index contributed by atoms with van der Waals surface area (Å²) >= 11 is 0. The lowest BCUT2D eigenvalue weighted by Gasteiger charge is -2.26. The minimum Gasteiger partial charge on any atom is -0.397 e. The maximum Gasteiger partial charge on any atom is 0.259 e. The monoisotopic (exact) mass is 469 g/mol. The minimum atomic E-state index is -0.384. The van der Waals surface area contributed by atoms with E-state index in [4.69, 9.17) is 10.5 Å². The van der Waals surface area contributed by atoms with Crippen molar-refractivity contribution in [2.45, 2.75) is 13.0 Å². The van der Waals surface area contributed by atoms with Gasteiger partial charge in [0.05, 0.1) is 35.6 Å². The van der Waals surface area contributed by atoms with Crippen molar-refractivity contribution in [1.29, 1.82) is 0 Å². The number of hydrogen-bond donors (Lipinski definition) is 3. The number of fused-ring (bicyclic) bond motifs is 2. The minimum absolute atomic E-state index is 0.383. The topological polar surface area (TPSA) is 105 Å². The van der Waals surface area contributed by atoms with Crippen LogP contribution in [0.15, 0.2) is 54.9 Å². The van der Waals surface area contributed by atoms with E-state index in [0.717, 1.165) is 78.7 Å². The summed E-state index contributed by atoms with van der Waals surface area (Å²) < 4.78 is 7.57. The number of benzene rings is 2. The average molecular weight is 470 g/mol. The lowest BCUT2D eigenvalue weighted by molar-refractivity contribution is -0.122. The number of anilines is 1. The van der Waals surface area contributed by atoms with Crippen LogP contribution in [0.1, 0.15) is 17.5 Å². The van der Waals surface area contributed by atoms with Crippen molar-refractivity contribution in [3.8, 4) is 0 Å². The highest BCUT2D eigenvalue weighted by atomic mass is 16.5. The summed E-state index contributed by atoms with van der Waals surface area (Å²) in [6.07, 6.45) is 4.72. The number of nitrogens with one attached hydrogen (secondary N) is 2. The number of aromatic amines is 1. The molecular formula is C27H27N5O3. The van der Waals surface area contributed by atoms with E-state index >= 15 is 0 Å². The number of amides is 2. The standard InChI is InChI=1S/C27H27N5O3/c28-21-7-3-6-18-20(16-32(25(18)21)10-4-9-31-11-13-35-14-12-31)24-23(26(33)30-27(24)34)19-15-29-22-8-2-1-5-17(19)22/h1-3,5-8,15-16,29H,4,9-14,28H2,(H,30,33,34).